The predicted molar refractivity (Wildman–Crippen MR) is 167 cm³/mol. The lowest BCUT2D eigenvalue weighted by Crippen LogP contribution is -2.35. The molecule has 2 N–H and O–H groups in total. The van der Waals surface area contributed by atoms with Gasteiger partial charge in [0.15, 0.2) is 5.92 Å². The minimum atomic E-state index is -5.02. The number of carbonyl (C=O) groups excluding carboxylic acids is 1. The van der Waals surface area contributed by atoms with Crippen molar-refractivity contribution in [2.75, 3.05) is 7.05 Å². The Balaban J connectivity index is 0.00000282. The zero-order chi connectivity index (χ0) is 34.1. The second kappa shape index (κ2) is 15.2. The first-order valence-corrected chi connectivity index (χ1v) is 14.2. The van der Waals surface area contributed by atoms with Crippen molar-refractivity contribution in [3.8, 4) is 6.07 Å². The number of amides is 1. The van der Waals surface area contributed by atoms with E-state index in [9.17, 15) is 32.0 Å². The Morgan fingerprint density at radius 2 is 1.72 bits per heavy atom. The molecule has 0 spiro atoms. The van der Waals surface area contributed by atoms with Crippen LogP contribution < -0.4 is 5.73 Å². The van der Waals surface area contributed by atoms with Crippen molar-refractivity contribution in [1.29, 1.82) is 5.26 Å². The van der Waals surface area contributed by atoms with E-state index in [1.807, 2.05) is 6.07 Å². The topological polar surface area (TPSA) is 91.6 Å². The Kier molecular flexibility index (Phi) is 11.9. The first-order valence-electron chi connectivity index (χ1n) is 13.8. The maximum absolute atomic E-state index is 15.0. The SMILES string of the molecule is CC(F)(F)c1cc(F)cc(C(C=NC(=O)C(c2ccccc2)C(F)(F)F)(Cc2cccc(C#N)c2)C2=CC=C[C@@H](Cl)C=N2)c1.CN. The van der Waals surface area contributed by atoms with Crippen LogP contribution in [0.25, 0.3) is 0 Å². The van der Waals surface area contributed by atoms with E-state index in [-0.39, 0.29) is 28.8 Å². The standard InChI is InChI=1S/C33H24ClF6N3O.CH5N/c1-31(36,37)24-14-25(16-27(35)15-24)32(28-12-6-11-26(34)19-42-28,17-21-7-5-8-22(13-21)18-41)20-43-30(44)29(33(38,39)40)23-9-3-2-4-10-23;1-2/h2-16,19-20,26,29H,17H2,1H3;2H2,1H3/t26-,29?,32?;/m1./s1. The number of nitrogens with two attached hydrogens (primary N) is 1. The lowest BCUT2D eigenvalue weighted by atomic mass is 9.72. The van der Waals surface area contributed by atoms with Crippen molar-refractivity contribution in [3.63, 3.8) is 0 Å². The number of carbonyl (C=O) groups is 1. The van der Waals surface area contributed by atoms with E-state index in [2.05, 4.69) is 15.7 Å². The predicted octanol–water partition coefficient (Wildman–Crippen LogP) is 7.94. The number of allylic oxidation sites excluding steroid dienone is 4. The van der Waals surface area contributed by atoms with Gasteiger partial charge in [-0.05, 0) is 66.6 Å². The molecule has 4 rings (SSSR count). The second-order valence-electron chi connectivity index (χ2n) is 10.2. The molecule has 1 amide bonds. The van der Waals surface area contributed by atoms with Gasteiger partial charge in [-0.25, -0.2) is 18.2 Å². The zero-order valence-corrected chi connectivity index (χ0v) is 25.4. The van der Waals surface area contributed by atoms with Gasteiger partial charge >= 0.3 is 6.18 Å². The highest BCUT2D eigenvalue weighted by Gasteiger charge is 2.46. The molecule has 2 unspecified atom stereocenters. The smallest absolute Gasteiger partial charge is 0.333 e. The normalized spacial score (nSPS) is 16.8. The molecule has 12 heteroatoms. The van der Waals surface area contributed by atoms with E-state index < -0.39 is 46.1 Å². The Bertz CT molecular complexity index is 1690. The molecular formula is C34H29ClF6N4O. The van der Waals surface area contributed by atoms with Gasteiger partial charge in [-0.3, -0.25) is 9.79 Å². The van der Waals surface area contributed by atoms with Crippen LogP contribution in [-0.2, 0) is 22.6 Å². The molecule has 1 aliphatic rings. The largest absolute Gasteiger partial charge is 0.404 e. The lowest BCUT2D eigenvalue weighted by Gasteiger charge is -2.32. The third-order valence-corrected chi connectivity index (χ3v) is 7.20. The number of aliphatic imine (C=N–C) groups is 2. The van der Waals surface area contributed by atoms with Crippen LogP contribution in [0.1, 0.15) is 40.7 Å². The summed E-state index contributed by atoms with van der Waals surface area (Å²) in [6.07, 6.45) is 1.35. The Morgan fingerprint density at radius 3 is 2.35 bits per heavy atom. The summed E-state index contributed by atoms with van der Waals surface area (Å²) < 4.78 is 86.7. The van der Waals surface area contributed by atoms with Gasteiger partial charge in [0.05, 0.1) is 28.1 Å². The molecule has 1 aliphatic heterocycles. The molecule has 46 heavy (non-hydrogen) atoms. The molecular weight excluding hydrogens is 630 g/mol. The molecule has 3 atom stereocenters. The maximum atomic E-state index is 15.0. The number of hydrogen-bond donors (Lipinski definition) is 1. The summed E-state index contributed by atoms with van der Waals surface area (Å²) in [4.78, 5) is 21.4. The summed E-state index contributed by atoms with van der Waals surface area (Å²) in [5.41, 5.74) is 2.03. The number of alkyl halides is 6. The van der Waals surface area contributed by atoms with Crippen LogP contribution in [0.3, 0.4) is 0 Å². The van der Waals surface area contributed by atoms with E-state index in [1.165, 1.54) is 61.8 Å². The summed E-state index contributed by atoms with van der Waals surface area (Å²) in [5, 5.41) is 8.75. The average molecular weight is 659 g/mol. The zero-order valence-electron chi connectivity index (χ0n) is 24.6. The fraction of sp³-hybridized carbons (Fsp3) is 0.235. The molecule has 3 aromatic rings. The third kappa shape index (κ3) is 8.80. The minimum Gasteiger partial charge on any atom is -0.333 e. The van der Waals surface area contributed by atoms with E-state index >= 15 is 4.39 Å². The fourth-order valence-electron chi connectivity index (χ4n) is 4.83. The van der Waals surface area contributed by atoms with Crippen LogP contribution in [0, 0.1) is 17.1 Å². The molecule has 5 nitrogen and oxygen atoms in total. The fourth-order valence-corrected chi connectivity index (χ4v) is 4.97. The van der Waals surface area contributed by atoms with E-state index in [0.29, 0.717) is 18.6 Å². The first-order chi connectivity index (χ1) is 21.7. The monoisotopic (exact) mass is 658 g/mol. The molecule has 0 aromatic heterocycles. The van der Waals surface area contributed by atoms with E-state index in [4.69, 9.17) is 11.6 Å². The van der Waals surface area contributed by atoms with Crippen LogP contribution in [0.5, 0.6) is 0 Å². The van der Waals surface area contributed by atoms with Crippen molar-refractivity contribution in [2.24, 2.45) is 15.7 Å². The van der Waals surface area contributed by atoms with Crippen LogP contribution in [0.4, 0.5) is 26.3 Å². The molecule has 0 saturated carbocycles. The highest BCUT2D eigenvalue weighted by Crippen LogP contribution is 2.41. The number of nitrogens with zero attached hydrogens (tertiary/aromatic N) is 3. The van der Waals surface area contributed by atoms with Crippen molar-refractivity contribution >= 4 is 29.9 Å². The van der Waals surface area contributed by atoms with Gasteiger partial charge in [-0.15, -0.1) is 11.6 Å². The molecule has 3 aromatic carbocycles. The number of benzene rings is 3. The van der Waals surface area contributed by atoms with Crippen molar-refractivity contribution in [1.82, 2.24) is 0 Å². The lowest BCUT2D eigenvalue weighted by molar-refractivity contribution is -0.162. The molecule has 1 heterocycles. The van der Waals surface area contributed by atoms with Gasteiger partial charge in [-0.2, -0.15) is 18.4 Å². The summed E-state index contributed by atoms with van der Waals surface area (Å²) in [5.74, 6) is -8.79. The van der Waals surface area contributed by atoms with Crippen molar-refractivity contribution in [2.45, 2.75) is 42.2 Å². The first kappa shape index (κ1) is 35.9. The summed E-state index contributed by atoms with van der Waals surface area (Å²) in [6, 6.07) is 17.1. The number of nitriles is 1. The van der Waals surface area contributed by atoms with Gasteiger partial charge in [0.25, 0.3) is 11.8 Å². The number of rotatable bonds is 8. The summed E-state index contributed by atoms with van der Waals surface area (Å²) in [6.45, 7) is 0.568. The quantitative estimate of drug-likeness (QED) is 0.151. The molecule has 0 fully saturated rings. The van der Waals surface area contributed by atoms with Crippen LogP contribution in [0.15, 0.2) is 107 Å². The average Bonchev–Trinajstić information content (AvgIpc) is 3.24. The van der Waals surface area contributed by atoms with Gasteiger partial charge in [0.1, 0.15) is 5.82 Å². The Morgan fingerprint density at radius 1 is 1.04 bits per heavy atom. The molecule has 0 aliphatic carbocycles. The number of hydrogen-bond acceptors (Lipinski definition) is 4. The summed E-state index contributed by atoms with van der Waals surface area (Å²) in [7, 11) is 1.50. The van der Waals surface area contributed by atoms with E-state index in [0.717, 1.165) is 30.5 Å². The molecule has 0 bridgehead atoms. The van der Waals surface area contributed by atoms with Gasteiger partial charge in [-0.1, -0.05) is 54.6 Å². The molecule has 240 valence electrons. The van der Waals surface area contributed by atoms with Crippen LogP contribution in [-0.4, -0.2) is 36.9 Å². The van der Waals surface area contributed by atoms with Crippen LogP contribution in [0.2, 0.25) is 0 Å². The minimum absolute atomic E-state index is 0.0232. The number of halogens is 7. The maximum Gasteiger partial charge on any atom is 0.404 e. The van der Waals surface area contributed by atoms with Gasteiger partial charge in [0, 0.05) is 24.9 Å². The van der Waals surface area contributed by atoms with Gasteiger partial charge in [0.2, 0.25) is 0 Å². The van der Waals surface area contributed by atoms with Crippen molar-refractivity contribution < 1.29 is 31.1 Å². The van der Waals surface area contributed by atoms with Gasteiger partial charge < -0.3 is 5.73 Å². The third-order valence-electron chi connectivity index (χ3n) is 6.94. The highest BCUT2D eigenvalue weighted by atomic mass is 35.5. The van der Waals surface area contributed by atoms with E-state index in [1.54, 1.807) is 12.1 Å². The molecule has 0 saturated heterocycles. The van der Waals surface area contributed by atoms with Crippen LogP contribution >= 0.6 is 11.6 Å². The highest BCUT2D eigenvalue weighted by molar-refractivity contribution is 6.29. The molecule has 0 radical (unpaired) electrons. The Hall–Kier alpha value is -4.53. The summed E-state index contributed by atoms with van der Waals surface area (Å²) >= 11 is 6.20. The Labute approximate surface area is 267 Å². The second-order valence-corrected chi connectivity index (χ2v) is 10.7. The van der Waals surface area contributed by atoms with Crippen molar-refractivity contribution in [3.05, 3.63) is 130 Å².